The van der Waals surface area contributed by atoms with Gasteiger partial charge in [-0.2, -0.15) is 0 Å². The number of allylic oxidation sites excluding steroid dienone is 4. The third-order valence-corrected chi connectivity index (χ3v) is 4.31. The molecule has 23 heavy (non-hydrogen) atoms. The molecule has 1 saturated heterocycles. The van der Waals surface area contributed by atoms with Crippen molar-refractivity contribution in [2.75, 3.05) is 0 Å². The van der Waals surface area contributed by atoms with Crippen molar-refractivity contribution in [2.45, 2.75) is 6.42 Å². The summed E-state index contributed by atoms with van der Waals surface area (Å²) in [6.07, 6.45) is 6.98. The monoisotopic (exact) mass is 307 g/mol. The minimum absolute atomic E-state index is 0.125. The normalized spacial score (nSPS) is 21.8. The molecule has 1 amide bonds. The Morgan fingerprint density at radius 3 is 2.91 bits per heavy atom. The van der Waals surface area contributed by atoms with Crippen LogP contribution >= 0.6 is 0 Å². The van der Waals surface area contributed by atoms with Crippen molar-refractivity contribution < 1.29 is 9.72 Å². The van der Waals surface area contributed by atoms with Gasteiger partial charge in [-0.25, -0.2) is 0 Å². The minimum atomic E-state index is -0.389. The molecule has 1 aliphatic heterocycles. The fourth-order valence-corrected chi connectivity index (χ4v) is 3.14. The Labute approximate surface area is 131 Å². The molecule has 0 saturated carbocycles. The molecule has 2 heterocycles. The van der Waals surface area contributed by atoms with Gasteiger partial charge in [-0.15, -0.1) is 0 Å². The van der Waals surface area contributed by atoms with Crippen LogP contribution in [0.2, 0.25) is 0 Å². The highest BCUT2D eigenvalue weighted by Gasteiger charge is 2.37. The Morgan fingerprint density at radius 1 is 1.26 bits per heavy atom. The average molecular weight is 307 g/mol. The van der Waals surface area contributed by atoms with E-state index in [0.29, 0.717) is 5.57 Å². The van der Waals surface area contributed by atoms with Gasteiger partial charge in [0.15, 0.2) is 0 Å². The summed E-state index contributed by atoms with van der Waals surface area (Å²) in [5.41, 5.74) is 3.31. The van der Waals surface area contributed by atoms with Crippen molar-refractivity contribution in [3.8, 4) is 0 Å². The lowest BCUT2D eigenvalue weighted by Gasteiger charge is -2.13. The number of carbonyl (C=O) groups is 1. The Balaban J connectivity index is 1.76. The Kier molecular flexibility index (Phi) is 2.90. The standard InChI is InChI=1S/C17H13N3O3/c21-17-14(7-10-9-18-15-4-2-1-3-12(10)15)13-8-11(20(22)23)5-6-16(13)19-17/h1-7,9,13,18H,8H2,(H,19,21). The Morgan fingerprint density at radius 2 is 2.09 bits per heavy atom. The number of nitro groups is 1. The van der Waals surface area contributed by atoms with E-state index >= 15 is 0 Å². The van der Waals surface area contributed by atoms with Gasteiger partial charge in [-0.05, 0) is 18.2 Å². The summed E-state index contributed by atoms with van der Waals surface area (Å²) >= 11 is 0. The highest BCUT2D eigenvalue weighted by atomic mass is 16.6. The fraction of sp³-hybridized carbons (Fsp3) is 0.118. The third kappa shape index (κ3) is 2.15. The van der Waals surface area contributed by atoms with E-state index in [4.69, 9.17) is 0 Å². The molecule has 1 aromatic carbocycles. The molecule has 114 valence electrons. The number of rotatable bonds is 2. The van der Waals surface area contributed by atoms with Gasteiger partial charge in [-0.1, -0.05) is 18.2 Å². The molecule has 2 N–H and O–H groups in total. The molecule has 0 radical (unpaired) electrons. The maximum absolute atomic E-state index is 12.3. The van der Waals surface area contributed by atoms with E-state index < -0.39 is 0 Å². The number of nitrogens with zero attached hydrogens (tertiary/aromatic N) is 1. The first-order valence-electron chi connectivity index (χ1n) is 7.27. The van der Waals surface area contributed by atoms with Crippen LogP contribution in [0.5, 0.6) is 0 Å². The number of H-pyrrole nitrogens is 1. The summed E-state index contributed by atoms with van der Waals surface area (Å²) in [5.74, 6) is -0.467. The van der Waals surface area contributed by atoms with Gasteiger partial charge in [0.2, 0.25) is 5.70 Å². The lowest BCUT2D eigenvalue weighted by molar-refractivity contribution is -0.428. The summed E-state index contributed by atoms with van der Waals surface area (Å²) in [6, 6.07) is 7.82. The molecule has 1 aromatic heterocycles. The number of para-hydroxylation sites is 1. The van der Waals surface area contributed by atoms with Crippen LogP contribution in [-0.4, -0.2) is 15.8 Å². The number of aromatic amines is 1. The zero-order chi connectivity index (χ0) is 16.0. The van der Waals surface area contributed by atoms with Crippen LogP contribution in [0.15, 0.2) is 59.6 Å². The molecule has 0 spiro atoms. The summed E-state index contributed by atoms with van der Waals surface area (Å²) in [5, 5.41) is 14.8. The third-order valence-electron chi connectivity index (χ3n) is 4.31. The van der Waals surface area contributed by atoms with E-state index in [0.717, 1.165) is 22.2 Å². The zero-order valence-electron chi connectivity index (χ0n) is 12.1. The average Bonchev–Trinajstić information content (AvgIpc) is 3.09. The highest BCUT2D eigenvalue weighted by Crippen LogP contribution is 2.36. The van der Waals surface area contributed by atoms with Gasteiger partial charge in [0, 0.05) is 45.9 Å². The molecule has 4 rings (SSSR count). The molecule has 0 bridgehead atoms. The van der Waals surface area contributed by atoms with E-state index in [-0.39, 0.29) is 28.9 Å². The van der Waals surface area contributed by atoms with Crippen LogP contribution in [-0.2, 0) is 4.79 Å². The van der Waals surface area contributed by atoms with Gasteiger partial charge in [0.05, 0.1) is 11.3 Å². The number of hydrogen-bond donors (Lipinski definition) is 2. The van der Waals surface area contributed by atoms with Crippen molar-refractivity contribution in [3.05, 3.63) is 75.3 Å². The number of carbonyl (C=O) groups excluding carboxylic acids is 1. The van der Waals surface area contributed by atoms with Crippen molar-refractivity contribution in [1.29, 1.82) is 0 Å². The first-order valence-corrected chi connectivity index (χ1v) is 7.27. The molecule has 6 nitrogen and oxygen atoms in total. The molecule has 1 unspecified atom stereocenters. The van der Waals surface area contributed by atoms with Gasteiger partial charge in [0.1, 0.15) is 0 Å². The zero-order valence-corrected chi connectivity index (χ0v) is 12.1. The van der Waals surface area contributed by atoms with Gasteiger partial charge in [-0.3, -0.25) is 14.9 Å². The number of benzene rings is 1. The van der Waals surface area contributed by atoms with Gasteiger partial charge < -0.3 is 10.3 Å². The van der Waals surface area contributed by atoms with Crippen LogP contribution in [0.25, 0.3) is 17.0 Å². The van der Waals surface area contributed by atoms with Crippen LogP contribution < -0.4 is 5.32 Å². The predicted octanol–water partition coefficient (Wildman–Crippen LogP) is 2.75. The fourth-order valence-electron chi connectivity index (χ4n) is 3.14. The van der Waals surface area contributed by atoms with E-state index in [1.807, 2.05) is 36.5 Å². The Bertz CT molecular complexity index is 933. The smallest absolute Gasteiger partial charge is 0.252 e. The lowest BCUT2D eigenvalue weighted by atomic mass is 9.89. The molecular formula is C17H13N3O3. The van der Waals surface area contributed by atoms with Crippen LogP contribution in [0.3, 0.4) is 0 Å². The molecule has 2 aliphatic rings. The maximum atomic E-state index is 12.3. The largest absolute Gasteiger partial charge is 0.361 e. The number of amides is 1. The first-order chi connectivity index (χ1) is 11.1. The molecular weight excluding hydrogens is 294 g/mol. The van der Waals surface area contributed by atoms with Crippen molar-refractivity contribution >= 4 is 22.9 Å². The summed E-state index contributed by atoms with van der Waals surface area (Å²) < 4.78 is 0. The van der Waals surface area contributed by atoms with E-state index in [2.05, 4.69) is 10.3 Å². The number of fused-ring (bicyclic) bond motifs is 2. The van der Waals surface area contributed by atoms with Crippen molar-refractivity contribution in [1.82, 2.24) is 10.3 Å². The summed E-state index contributed by atoms with van der Waals surface area (Å²) in [7, 11) is 0. The van der Waals surface area contributed by atoms with Crippen LogP contribution in [0.1, 0.15) is 12.0 Å². The van der Waals surface area contributed by atoms with E-state index in [1.165, 1.54) is 6.08 Å². The van der Waals surface area contributed by atoms with Crippen LogP contribution in [0.4, 0.5) is 0 Å². The first kappa shape index (κ1) is 13.5. The van der Waals surface area contributed by atoms with Crippen molar-refractivity contribution in [2.24, 2.45) is 5.92 Å². The lowest BCUT2D eigenvalue weighted by Crippen LogP contribution is -2.15. The topological polar surface area (TPSA) is 88.0 Å². The SMILES string of the molecule is O=C1NC2=CC=C([N+](=O)[O-])CC2C1=Cc1c[nH]c2ccccc12. The Hall–Kier alpha value is -3.15. The summed E-state index contributed by atoms with van der Waals surface area (Å²) in [4.78, 5) is 26.0. The predicted molar refractivity (Wildman–Crippen MR) is 85.7 cm³/mol. The maximum Gasteiger partial charge on any atom is 0.252 e. The number of nitrogens with one attached hydrogen (secondary N) is 2. The van der Waals surface area contributed by atoms with E-state index in [9.17, 15) is 14.9 Å². The molecule has 1 aliphatic carbocycles. The summed E-state index contributed by atoms with van der Waals surface area (Å²) in [6.45, 7) is 0. The minimum Gasteiger partial charge on any atom is -0.361 e. The number of aromatic nitrogens is 1. The second-order valence-corrected chi connectivity index (χ2v) is 5.64. The number of hydrogen-bond acceptors (Lipinski definition) is 3. The van der Waals surface area contributed by atoms with E-state index in [1.54, 1.807) is 6.08 Å². The quantitative estimate of drug-likeness (QED) is 0.508. The molecule has 6 heteroatoms. The molecule has 2 aromatic rings. The second-order valence-electron chi connectivity index (χ2n) is 5.64. The second kappa shape index (κ2) is 4.95. The molecule has 1 atom stereocenters. The van der Waals surface area contributed by atoms with Crippen molar-refractivity contribution in [3.63, 3.8) is 0 Å². The highest BCUT2D eigenvalue weighted by molar-refractivity contribution is 6.05. The van der Waals surface area contributed by atoms with Gasteiger partial charge >= 0.3 is 0 Å². The molecule has 1 fully saturated rings. The van der Waals surface area contributed by atoms with Crippen LogP contribution in [0, 0.1) is 16.0 Å². The van der Waals surface area contributed by atoms with Gasteiger partial charge in [0.25, 0.3) is 5.91 Å².